The fraction of sp³-hybridized carbons (Fsp3) is 0.128. The van der Waals surface area contributed by atoms with E-state index < -0.39 is 16.1 Å². The van der Waals surface area contributed by atoms with E-state index in [1.807, 2.05) is 0 Å². The third-order valence-electron chi connectivity index (χ3n) is 9.41. The molecule has 7 rings (SSSR count). The van der Waals surface area contributed by atoms with Crippen LogP contribution in [0.1, 0.15) is 29.2 Å². The van der Waals surface area contributed by atoms with Crippen LogP contribution in [0, 0.1) is 0 Å². The summed E-state index contributed by atoms with van der Waals surface area (Å²) in [5, 5.41) is 4.72. The molecule has 5 aromatic rings. The first-order chi connectivity index (χ1) is 19.8. The number of benzene rings is 5. The minimum atomic E-state index is -1.84. The van der Waals surface area contributed by atoms with Gasteiger partial charge in [0.25, 0.3) is 0 Å². The lowest BCUT2D eigenvalue weighted by Gasteiger charge is -2.24. The minimum Gasteiger partial charge on any atom is -0.0818 e. The van der Waals surface area contributed by atoms with Crippen LogP contribution in [0.25, 0.3) is 33.4 Å². The first-order valence-electron chi connectivity index (χ1n) is 14.7. The van der Waals surface area contributed by atoms with Crippen molar-refractivity contribution in [1.82, 2.24) is 0 Å². The molecule has 0 fully saturated rings. The maximum absolute atomic E-state index is 2.60. The fourth-order valence-corrected chi connectivity index (χ4v) is 13.4. The Morgan fingerprint density at radius 1 is 0.439 bits per heavy atom. The Morgan fingerprint density at radius 2 is 0.927 bits per heavy atom. The predicted octanol–water partition coefficient (Wildman–Crippen LogP) is 9.21. The predicted molar refractivity (Wildman–Crippen MR) is 183 cm³/mol. The van der Waals surface area contributed by atoms with Gasteiger partial charge in [0.1, 0.15) is 16.1 Å². The summed E-state index contributed by atoms with van der Waals surface area (Å²) < 4.78 is 0. The van der Waals surface area contributed by atoms with E-state index in [0.29, 0.717) is 0 Å². The van der Waals surface area contributed by atoms with Gasteiger partial charge in [-0.3, -0.25) is 0 Å². The van der Waals surface area contributed by atoms with Crippen molar-refractivity contribution in [3.63, 3.8) is 0 Å². The molecule has 0 bridgehead atoms. The highest BCUT2D eigenvalue weighted by atomic mass is 28.3. The molecule has 200 valence electrons. The van der Waals surface area contributed by atoms with E-state index in [4.69, 9.17) is 0 Å². The molecule has 2 heteroatoms. The highest BCUT2D eigenvalue weighted by Gasteiger charge is 2.40. The Balaban J connectivity index is 1.37. The second kappa shape index (κ2) is 9.54. The van der Waals surface area contributed by atoms with Gasteiger partial charge in [-0.2, -0.15) is 0 Å². The zero-order valence-corrected chi connectivity index (χ0v) is 26.6. The Morgan fingerprint density at radius 3 is 1.56 bits per heavy atom. The van der Waals surface area contributed by atoms with Crippen molar-refractivity contribution in [2.45, 2.75) is 33.1 Å². The van der Waals surface area contributed by atoms with Gasteiger partial charge in [-0.05, 0) is 79.0 Å². The topological polar surface area (TPSA) is 0 Å². The minimum absolute atomic E-state index is 1.32. The average molecular weight is 561 g/mol. The lowest BCUT2D eigenvalue weighted by molar-refractivity contribution is 1.53. The molecule has 0 aliphatic carbocycles. The monoisotopic (exact) mass is 560 g/mol. The fourth-order valence-electron chi connectivity index (χ4n) is 7.29. The van der Waals surface area contributed by atoms with E-state index >= 15 is 0 Å². The van der Waals surface area contributed by atoms with E-state index in [0.717, 1.165) is 0 Å². The molecule has 0 aromatic heterocycles. The molecule has 2 aliphatic heterocycles. The van der Waals surface area contributed by atoms with E-state index in [2.05, 4.69) is 160 Å². The molecule has 0 nitrogen and oxygen atoms in total. The lowest BCUT2D eigenvalue weighted by Crippen LogP contribution is -2.42. The van der Waals surface area contributed by atoms with Gasteiger partial charge in [0.2, 0.25) is 0 Å². The van der Waals surface area contributed by atoms with Crippen molar-refractivity contribution in [3.8, 4) is 22.3 Å². The van der Waals surface area contributed by atoms with Gasteiger partial charge < -0.3 is 0 Å². The van der Waals surface area contributed by atoms with Gasteiger partial charge in [-0.1, -0.05) is 152 Å². The van der Waals surface area contributed by atoms with E-state index in [1.165, 1.54) is 55.7 Å². The van der Waals surface area contributed by atoms with Gasteiger partial charge in [0.15, 0.2) is 0 Å². The number of fused-ring (bicyclic) bond motifs is 2. The molecule has 2 aliphatic rings. The number of rotatable bonds is 4. The molecule has 0 N–H and O–H groups in total. The van der Waals surface area contributed by atoms with Crippen LogP contribution in [0.4, 0.5) is 0 Å². The molecular weight excluding hydrogens is 525 g/mol. The molecule has 41 heavy (non-hydrogen) atoms. The number of hydrogen-bond donors (Lipinski definition) is 0. The Hall–Kier alpha value is -3.99. The van der Waals surface area contributed by atoms with Crippen LogP contribution in [-0.4, -0.2) is 16.1 Å². The van der Waals surface area contributed by atoms with Gasteiger partial charge in [-0.15, -0.1) is 0 Å². The second-order valence-corrected chi connectivity index (χ2v) is 21.4. The van der Waals surface area contributed by atoms with Crippen molar-refractivity contribution in [3.05, 3.63) is 154 Å². The quantitative estimate of drug-likeness (QED) is 0.192. The Labute approximate surface area is 246 Å². The average Bonchev–Trinajstić information content (AvgIpc) is 3.40. The smallest absolute Gasteiger partial charge is 0.0818 e. The third kappa shape index (κ3) is 4.08. The number of allylic oxidation sites excluding steroid dienone is 1. The van der Waals surface area contributed by atoms with Gasteiger partial charge in [-0.25, -0.2) is 0 Å². The maximum Gasteiger partial charge on any atom is 0.109 e. The summed E-state index contributed by atoms with van der Waals surface area (Å²) >= 11 is 0. The Kier molecular flexibility index (Phi) is 6.04. The summed E-state index contributed by atoms with van der Waals surface area (Å²) in [6, 6.07) is 45.1. The van der Waals surface area contributed by atoms with Crippen LogP contribution >= 0.6 is 0 Å². The first-order valence-corrected chi connectivity index (χ1v) is 20.8. The van der Waals surface area contributed by atoms with Crippen molar-refractivity contribution < 1.29 is 0 Å². The van der Waals surface area contributed by atoms with Crippen LogP contribution in [-0.2, 0) is 0 Å². The molecule has 0 spiro atoms. The summed E-state index contributed by atoms with van der Waals surface area (Å²) in [4.78, 5) is 0. The summed E-state index contributed by atoms with van der Waals surface area (Å²) in [5.41, 5.74) is 16.4. The molecule has 5 aromatic carbocycles. The summed E-state index contributed by atoms with van der Waals surface area (Å²) in [6.07, 6.45) is 0. The Bertz CT molecular complexity index is 1870. The van der Waals surface area contributed by atoms with Crippen molar-refractivity contribution in [2.24, 2.45) is 0 Å². The zero-order chi connectivity index (χ0) is 28.4. The molecule has 2 heterocycles. The zero-order valence-electron chi connectivity index (χ0n) is 24.6. The summed E-state index contributed by atoms with van der Waals surface area (Å²) in [5.74, 6) is 0. The second-order valence-electron chi connectivity index (χ2n) is 12.7. The third-order valence-corrected chi connectivity index (χ3v) is 16.2. The van der Waals surface area contributed by atoms with Crippen molar-refractivity contribution in [2.75, 3.05) is 0 Å². The van der Waals surface area contributed by atoms with Crippen LogP contribution in [0.2, 0.25) is 26.2 Å². The van der Waals surface area contributed by atoms with E-state index in [-0.39, 0.29) is 0 Å². The van der Waals surface area contributed by atoms with Crippen LogP contribution in [0.3, 0.4) is 0 Å². The lowest BCUT2D eigenvalue weighted by atomic mass is 9.92. The van der Waals surface area contributed by atoms with E-state index in [9.17, 15) is 0 Å². The highest BCUT2D eigenvalue weighted by Crippen LogP contribution is 2.41. The molecule has 0 atom stereocenters. The van der Waals surface area contributed by atoms with Crippen LogP contribution < -0.4 is 10.4 Å². The molecule has 0 unspecified atom stereocenters. The molecule has 0 amide bonds. The number of hydrogen-bond acceptors (Lipinski definition) is 0. The normalized spacial score (nSPS) is 16.4. The molecular formula is C39H36Si2. The van der Waals surface area contributed by atoms with Crippen LogP contribution in [0.15, 0.2) is 132 Å². The van der Waals surface area contributed by atoms with Crippen molar-refractivity contribution >= 4 is 37.7 Å². The summed E-state index contributed by atoms with van der Waals surface area (Å²) in [7, 11) is -3.63. The molecule has 0 saturated heterocycles. The highest BCUT2D eigenvalue weighted by molar-refractivity contribution is 6.99. The first kappa shape index (κ1) is 25.9. The maximum atomic E-state index is 2.60. The van der Waals surface area contributed by atoms with E-state index in [1.54, 1.807) is 15.6 Å². The summed E-state index contributed by atoms with van der Waals surface area (Å²) in [6.45, 7) is 12.4. The van der Waals surface area contributed by atoms with Gasteiger partial charge in [0.05, 0.1) is 0 Å². The SMILES string of the molecule is CC1=C(c2ccccc2)c2cccc(-c3cccc(-c4cccc5c4[Si](C)(C)C=C5c4ccccc4)c3)c2[Si]1(C)C. The van der Waals surface area contributed by atoms with Gasteiger partial charge >= 0.3 is 0 Å². The molecule has 0 saturated carbocycles. The van der Waals surface area contributed by atoms with Gasteiger partial charge in [0, 0.05) is 0 Å². The standard InChI is InChI=1S/C39H36Si2/c1-27-37(29-17-10-7-11-18-29)35-24-14-22-33(39(35)41(27,4)5)31-20-12-19-30(25-31)32-21-13-23-34-36(26-40(2,3)38(32)34)28-15-8-6-9-16-28/h6-26H,1-5H3. The van der Waals surface area contributed by atoms with Crippen LogP contribution in [0.5, 0.6) is 0 Å². The molecule has 0 radical (unpaired) electrons. The van der Waals surface area contributed by atoms with Crippen molar-refractivity contribution in [1.29, 1.82) is 0 Å². The largest absolute Gasteiger partial charge is 0.109 e.